The van der Waals surface area contributed by atoms with Crippen LogP contribution in [0.4, 0.5) is 24.7 Å². The number of fused-ring (bicyclic) bond motifs is 1. The topological polar surface area (TPSA) is 93.9 Å². The minimum atomic E-state index is -4.51. The fourth-order valence-corrected chi connectivity index (χ4v) is 4.35. The predicted molar refractivity (Wildman–Crippen MR) is 120 cm³/mol. The minimum absolute atomic E-state index is 0.122. The molecule has 0 saturated carbocycles. The number of benzene rings is 1. The number of piperidine rings is 1. The third-order valence-corrected chi connectivity index (χ3v) is 5.97. The zero-order valence-electron chi connectivity index (χ0n) is 17.9. The van der Waals surface area contributed by atoms with Crippen LogP contribution in [0, 0.1) is 0 Å². The molecule has 1 saturated heterocycles. The van der Waals surface area contributed by atoms with E-state index in [1.807, 2.05) is 0 Å². The van der Waals surface area contributed by atoms with E-state index < -0.39 is 17.6 Å². The number of carbonyl (C=O) groups is 1. The van der Waals surface area contributed by atoms with Gasteiger partial charge >= 0.3 is 6.18 Å². The van der Waals surface area contributed by atoms with Gasteiger partial charge in [0.15, 0.2) is 0 Å². The Labute approximate surface area is 193 Å². The number of hydrogen-bond acceptors (Lipinski definition) is 6. The maximum atomic E-state index is 14.0. The number of hydrogen-bond donors (Lipinski definition) is 2. The van der Waals surface area contributed by atoms with Crippen LogP contribution in [0.1, 0.15) is 45.8 Å². The summed E-state index contributed by atoms with van der Waals surface area (Å²) in [6.45, 7) is 1.38. The highest BCUT2D eigenvalue weighted by molar-refractivity contribution is 6.05. The summed E-state index contributed by atoms with van der Waals surface area (Å²) in [5.74, 6) is -0.562. The van der Waals surface area contributed by atoms with Crippen molar-refractivity contribution in [3.63, 3.8) is 0 Å². The Morgan fingerprint density at radius 3 is 2.56 bits per heavy atom. The van der Waals surface area contributed by atoms with Crippen LogP contribution >= 0.6 is 0 Å². The van der Waals surface area contributed by atoms with Crippen LogP contribution in [0.25, 0.3) is 17.3 Å². The molecule has 1 radical (unpaired) electrons. The molecule has 0 spiro atoms. The molecule has 34 heavy (non-hydrogen) atoms. The first-order valence-electron chi connectivity index (χ1n) is 10.8. The third kappa shape index (κ3) is 4.36. The number of anilines is 2. The van der Waals surface area contributed by atoms with Crippen LogP contribution in [-0.2, 0) is 6.18 Å². The maximum Gasteiger partial charge on any atom is 0.416 e. The molecule has 0 unspecified atom stereocenters. The summed E-state index contributed by atoms with van der Waals surface area (Å²) < 4.78 is 42.0. The van der Waals surface area contributed by atoms with E-state index in [0.29, 0.717) is 48.3 Å². The van der Waals surface area contributed by atoms with Crippen molar-refractivity contribution in [1.82, 2.24) is 25.6 Å². The van der Waals surface area contributed by atoms with E-state index in [1.54, 1.807) is 30.6 Å². The van der Waals surface area contributed by atoms with Crippen molar-refractivity contribution in [2.45, 2.75) is 24.9 Å². The van der Waals surface area contributed by atoms with Gasteiger partial charge < -0.3 is 10.6 Å². The summed E-state index contributed by atoms with van der Waals surface area (Å²) in [6.07, 6.45) is 4.34. The van der Waals surface area contributed by atoms with Crippen LogP contribution in [0.3, 0.4) is 0 Å². The van der Waals surface area contributed by atoms with Gasteiger partial charge in [0.25, 0.3) is 5.91 Å². The van der Waals surface area contributed by atoms with Gasteiger partial charge in [0, 0.05) is 29.8 Å². The Bertz CT molecular complexity index is 1250. The molecule has 2 aliphatic rings. The number of nitrogens with zero attached hydrogens (tertiary/aromatic N) is 4. The minimum Gasteiger partial charge on any atom is -0.340 e. The van der Waals surface area contributed by atoms with E-state index in [-0.39, 0.29) is 23.0 Å². The molecule has 0 aliphatic carbocycles. The molecule has 3 aromatic rings. The molecular formula is C24H20F3N6O. The van der Waals surface area contributed by atoms with Gasteiger partial charge in [0.2, 0.25) is 0 Å². The summed E-state index contributed by atoms with van der Waals surface area (Å²) in [7, 11) is 0. The van der Waals surface area contributed by atoms with E-state index in [9.17, 15) is 18.0 Å². The zero-order valence-corrected chi connectivity index (χ0v) is 17.9. The van der Waals surface area contributed by atoms with Crippen LogP contribution in [0.5, 0.6) is 0 Å². The molecular weight excluding hydrogens is 445 g/mol. The zero-order chi connectivity index (χ0) is 23.7. The highest BCUT2D eigenvalue weighted by Crippen LogP contribution is 2.40. The van der Waals surface area contributed by atoms with Crippen molar-refractivity contribution < 1.29 is 18.0 Å². The quantitative estimate of drug-likeness (QED) is 0.590. The third-order valence-electron chi connectivity index (χ3n) is 5.97. The molecule has 173 valence electrons. The largest absolute Gasteiger partial charge is 0.416 e. The number of nitrogens with one attached hydrogen (secondary N) is 2. The summed E-state index contributed by atoms with van der Waals surface area (Å²) in [5.41, 5.74) is 1.62. The molecule has 1 aromatic carbocycles. The standard InChI is InChI=1S/C24H20F3N6O/c25-24(26,27)19-10-17(1-2-18(19)14-3-6-28-7-4-14)32-22-21-15(5-8-31-23(21)34)9-20(33-22)16-11-29-13-30-12-16/h1-2,5,8-14,28H,3-4,6-7H2,(H,32,33). The van der Waals surface area contributed by atoms with Crippen molar-refractivity contribution in [2.75, 3.05) is 18.4 Å². The van der Waals surface area contributed by atoms with Crippen molar-refractivity contribution in [2.24, 2.45) is 0 Å². The summed E-state index contributed by atoms with van der Waals surface area (Å²) in [6, 6.07) is 5.90. The number of carbonyl (C=O) groups excluding carboxylic acids is 1. The lowest BCUT2D eigenvalue weighted by Gasteiger charge is -2.26. The fraction of sp³-hybridized carbons (Fsp3) is 0.250. The van der Waals surface area contributed by atoms with Crippen LogP contribution < -0.4 is 16.0 Å². The van der Waals surface area contributed by atoms with Gasteiger partial charge in [-0.15, -0.1) is 0 Å². The monoisotopic (exact) mass is 465 g/mol. The molecule has 2 aromatic heterocycles. The molecule has 0 bridgehead atoms. The van der Waals surface area contributed by atoms with Gasteiger partial charge in [-0.05, 0) is 67.3 Å². The van der Waals surface area contributed by atoms with Gasteiger partial charge in [-0.25, -0.2) is 20.3 Å². The van der Waals surface area contributed by atoms with E-state index in [2.05, 4.69) is 30.9 Å². The number of aromatic nitrogens is 3. The Balaban J connectivity index is 1.57. The lowest BCUT2D eigenvalue weighted by molar-refractivity contribution is -0.138. The molecule has 4 heterocycles. The van der Waals surface area contributed by atoms with Crippen LogP contribution in [0.2, 0.25) is 0 Å². The Hall–Kier alpha value is -3.79. The number of pyridine rings is 1. The van der Waals surface area contributed by atoms with Crippen LogP contribution in [0.15, 0.2) is 49.2 Å². The molecule has 10 heteroatoms. The van der Waals surface area contributed by atoms with Crippen LogP contribution in [-0.4, -0.2) is 33.9 Å². The smallest absolute Gasteiger partial charge is 0.340 e. The van der Waals surface area contributed by atoms with E-state index in [4.69, 9.17) is 0 Å². The van der Waals surface area contributed by atoms with Crippen molar-refractivity contribution >= 4 is 23.5 Å². The Morgan fingerprint density at radius 1 is 1.06 bits per heavy atom. The predicted octanol–water partition coefficient (Wildman–Crippen LogP) is 4.50. The number of amides is 1. The van der Waals surface area contributed by atoms with E-state index in [0.717, 1.165) is 6.07 Å². The summed E-state index contributed by atoms with van der Waals surface area (Å²) in [5, 5.41) is 9.92. The average molecular weight is 465 g/mol. The molecule has 2 N–H and O–H groups in total. The first-order chi connectivity index (χ1) is 16.4. The van der Waals surface area contributed by atoms with Gasteiger partial charge in [-0.2, -0.15) is 13.2 Å². The first kappa shape index (κ1) is 22.0. The average Bonchev–Trinajstić information content (AvgIpc) is 2.84. The highest BCUT2D eigenvalue weighted by Gasteiger charge is 2.36. The second-order valence-electron chi connectivity index (χ2n) is 8.15. The van der Waals surface area contributed by atoms with Crippen molar-refractivity contribution in [3.8, 4) is 11.3 Å². The Morgan fingerprint density at radius 2 is 1.82 bits per heavy atom. The second-order valence-corrected chi connectivity index (χ2v) is 8.15. The SMILES string of the molecule is O=C1[N]C=Cc2cc(-c3cncnc3)nc(Nc3ccc(C4CCNCC4)c(C(F)(F)F)c3)c21. The van der Waals surface area contributed by atoms with E-state index >= 15 is 0 Å². The van der Waals surface area contributed by atoms with E-state index in [1.165, 1.54) is 18.6 Å². The van der Waals surface area contributed by atoms with Crippen molar-refractivity contribution in [1.29, 1.82) is 0 Å². The first-order valence-corrected chi connectivity index (χ1v) is 10.8. The lowest BCUT2D eigenvalue weighted by Crippen LogP contribution is -2.27. The van der Waals surface area contributed by atoms with Gasteiger partial charge in [-0.3, -0.25) is 4.79 Å². The number of alkyl halides is 3. The maximum absolute atomic E-state index is 14.0. The number of rotatable bonds is 4. The molecule has 1 fully saturated rings. The fourth-order valence-electron chi connectivity index (χ4n) is 4.35. The molecule has 2 aliphatic heterocycles. The van der Waals surface area contributed by atoms with Gasteiger partial charge in [-0.1, -0.05) is 6.07 Å². The Kier molecular flexibility index (Phi) is 5.74. The molecule has 1 amide bonds. The molecule has 7 nitrogen and oxygen atoms in total. The van der Waals surface area contributed by atoms with Crippen molar-refractivity contribution in [3.05, 3.63) is 71.4 Å². The highest BCUT2D eigenvalue weighted by atomic mass is 19.4. The molecule has 0 atom stereocenters. The lowest BCUT2D eigenvalue weighted by atomic mass is 9.86. The van der Waals surface area contributed by atoms with Gasteiger partial charge in [0.05, 0.1) is 16.8 Å². The normalized spacial score (nSPS) is 16.1. The summed E-state index contributed by atoms with van der Waals surface area (Å²) >= 11 is 0. The summed E-state index contributed by atoms with van der Waals surface area (Å²) in [4.78, 5) is 25.0. The molecule has 5 rings (SSSR count). The number of halogens is 3. The van der Waals surface area contributed by atoms with Gasteiger partial charge in [0.1, 0.15) is 12.1 Å². The second kappa shape index (κ2) is 8.86.